The van der Waals surface area contributed by atoms with Crippen molar-refractivity contribution in [2.75, 3.05) is 0 Å². The number of hydrogen-bond donors (Lipinski definition) is 0. The van der Waals surface area contributed by atoms with Gasteiger partial charge in [-0.05, 0) is 57.1 Å². The Balaban J connectivity index is 1.36. The highest BCUT2D eigenvalue weighted by Crippen LogP contribution is 2.54. The number of nitrogens with zero attached hydrogens (tertiary/aromatic N) is 3. The maximum absolute atomic E-state index is 9.17. The fourth-order valence-electron chi connectivity index (χ4n) is 8.37. The van der Waals surface area contributed by atoms with E-state index in [0.717, 1.165) is 64.7 Å². The van der Waals surface area contributed by atoms with E-state index in [9.17, 15) is 2.74 Å². The third-order valence-electron chi connectivity index (χ3n) is 10.4. The first-order valence-electron chi connectivity index (χ1n) is 19.1. The maximum atomic E-state index is 9.17. The Labute approximate surface area is 297 Å². The van der Waals surface area contributed by atoms with Crippen molar-refractivity contribution < 1.29 is 6.85 Å². The van der Waals surface area contributed by atoms with Gasteiger partial charge in [-0.2, -0.15) is 0 Å². The van der Waals surface area contributed by atoms with E-state index in [4.69, 9.17) is 14.1 Å². The molecule has 0 atom stereocenters. The average molecular weight is 657 g/mol. The van der Waals surface area contributed by atoms with Crippen molar-refractivity contribution in [1.29, 1.82) is 0 Å². The third kappa shape index (κ3) is 3.38. The monoisotopic (exact) mass is 656 g/mol. The molecule has 1 aliphatic carbocycles. The van der Waals surface area contributed by atoms with Gasteiger partial charge in [-0.3, -0.25) is 4.57 Å². The van der Waals surface area contributed by atoms with Crippen LogP contribution in [0.3, 0.4) is 0 Å². The van der Waals surface area contributed by atoms with Gasteiger partial charge >= 0.3 is 0 Å². The molecule has 0 spiro atoms. The van der Waals surface area contributed by atoms with Crippen molar-refractivity contribution >= 4 is 85.9 Å². The van der Waals surface area contributed by atoms with E-state index in [1.54, 1.807) is 11.3 Å². The molecular weight excluding hydrogens is 627 g/mol. The summed E-state index contributed by atoms with van der Waals surface area (Å²) in [4.78, 5) is 10.7. The topological polar surface area (TPSA) is 30.7 Å². The summed E-state index contributed by atoms with van der Waals surface area (Å²) in [5.41, 5.74) is 7.89. The zero-order valence-corrected chi connectivity index (χ0v) is 27.1. The summed E-state index contributed by atoms with van der Waals surface area (Å²) in [6, 6.07) is 40.2. The van der Waals surface area contributed by atoms with Crippen LogP contribution >= 0.6 is 11.3 Å². The Morgan fingerprint density at radius 1 is 0.540 bits per heavy atom. The van der Waals surface area contributed by atoms with E-state index in [1.165, 1.54) is 21.0 Å². The summed E-state index contributed by atoms with van der Waals surface area (Å²) in [7, 11) is 0. The molecule has 0 bridgehead atoms. The van der Waals surface area contributed by atoms with E-state index in [1.807, 2.05) is 36.4 Å². The highest BCUT2D eigenvalue weighted by atomic mass is 32.1. The van der Waals surface area contributed by atoms with Crippen LogP contribution in [0.4, 0.5) is 0 Å². The van der Waals surface area contributed by atoms with Crippen molar-refractivity contribution in [2.45, 2.75) is 0 Å². The molecule has 230 valence electrons. The molecule has 8 aromatic carbocycles. The maximum Gasteiger partial charge on any atom is 0.165 e. The standard InChI is InChI=1S/C46H25N3S/c1-2-12-28(13-3-1)44-46(47-34-23-21-26-11-4-5-15-29(26)45(34)48-44)49-35-24-22-27-14-10-19-31-30-16-6-7-17-32(30)41-40-33-18-8-9-20-37(33)50-38(40)25-36(49)43(41)42(35)39(27)31/h1-25H/i1D,2D,3D,12D,13D. The lowest BCUT2D eigenvalue weighted by atomic mass is 9.91. The molecule has 0 saturated carbocycles. The second kappa shape index (κ2) is 9.63. The lowest BCUT2D eigenvalue weighted by molar-refractivity contribution is 1.08. The van der Waals surface area contributed by atoms with Crippen molar-refractivity contribution in [1.82, 2.24) is 14.5 Å². The van der Waals surface area contributed by atoms with Gasteiger partial charge in [0.1, 0.15) is 5.69 Å². The SMILES string of the molecule is [2H]c1c([2H])c([2H])c(-c2nc3c(ccc4ccccc43)nc2-n2c3cc4sc5ccccc5c4c4c3c3c5c(cccc5ccc32)-c2ccccc2-4)c([2H])c1[2H]. The molecule has 0 N–H and O–H groups in total. The number of fused-ring (bicyclic) bond motifs is 10. The molecule has 0 unspecified atom stereocenters. The zero-order valence-electron chi connectivity index (χ0n) is 31.3. The molecule has 3 aromatic heterocycles. The van der Waals surface area contributed by atoms with Crippen molar-refractivity contribution in [2.24, 2.45) is 0 Å². The molecular formula is C46H25N3S. The number of hydrogen-bond acceptors (Lipinski definition) is 3. The van der Waals surface area contributed by atoms with Crippen molar-refractivity contribution in [3.05, 3.63) is 152 Å². The van der Waals surface area contributed by atoms with Gasteiger partial charge in [0.15, 0.2) is 5.82 Å². The van der Waals surface area contributed by atoms with Gasteiger partial charge in [0.2, 0.25) is 0 Å². The molecule has 11 aromatic rings. The van der Waals surface area contributed by atoms with Crippen LogP contribution in [0, 0.1) is 0 Å². The largest absolute Gasteiger partial charge is 0.292 e. The van der Waals surface area contributed by atoms with Crippen LogP contribution in [-0.4, -0.2) is 14.5 Å². The molecule has 12 rings (SSSR count). The van der Waals surface area contributed by atoms with Crippen LogP contribution in [0.1, 0.15) is 6.85 Å². The molecule has 3 heterocycles. The molecule has 4 heteroatoms. The highest BCUT2D eigenvalue weighted by Gasteiger charge is 2.29. The second-order valence-electron chi connectivity index (χ2n) is 12.9. The molecule has 3 nitrogen and oxygen atoms in total. The van der Waals surface area contributed by atoms with E-state index in [2.05, 4.69) is 89.5 Å². The first-order chi connectivity index (χ1) is 26.9. The second-order valence-corrected chi connectivity index (χ2v) is 14.0. The number of benzene rings is 8. The van der Waals surface area contributed by atoms with Crippen LogP contribution in [0.15, 0.2) is 152 Å². The molecule has 0 saturated heterocycles. The minimum absolute atomic E-state index is 0.0143. The molecule has 1 aliphatic rings. The van der Waals surface area contributed by atoms with Gasteiger partial charge < -0.3 is 0 Å². The van der Waals surface area contributed by atoms with Gasteiger partial charge in [0.05, 0.1) is 28.9 Å². The fraction of sp³-hybridized carbons (Fsp3) is 0. The Morgan fingerprint density at radius 3 is 2.22 bits per heavy atom. The van der Waals surface area contributed by atoms with Gasteiger partial charge in [-0.15, -0.1) is 11.3 Å². The number of aromatic nitrogens is 3. The summed E-state index contributed by atoms with van der Waals surface area (Å²) < 4.78 is 48.6. The zero-order chi connectivity index (χ0) is 36.9. The average Bonchev–Trinajstić information content (AvgIpc) is 3.72. The summed E-state index contributed by atoms with van der Waals surface area (Å²) in [6.45, 7) is 0. The van der Waals surface area contributed by atoms with Crippen LogP contribution in [0.5, 0.6) is 0 Å². The molecule has 0 aliphatic heterocycles. The number of rotatable bonds is 2. The molecule has 0 fully saturated rings. The Bertz CT molecular complexity index is 3540. The van der Waals surface area contributed by atoms with E-state index in [0.29, 0.717) is 16.9 Å². The fourth-order valence-corrected chi connectivity index (χ4v) is 9.52. The third-order valence-corrected chi connectivity index (χ3v) is 11.5. The predicted octanol–water partition coefficient (Wildman–Crippen LogP) is 12.7. The summed E-state index contributed by atoms with van der Waals surface area (Å²) in [6.07, 6.45) is 0. The van der Waals surface area contributed by atoms with E-state index in [-0.39, 0.29) is 23.3 Å². The van der Waals surface area contributed by atoms with Crippen molar-refractivity contribution in [3.63, 3.8) is 0 Å². The minimum Gasteiger partial charge on any atom is -0.292 e. The van der Waals surface area contributed by atoms with Crippen LogP contribution in [0.25, 0.3) is 114 Å². The Morgan fingerprint density at radius 2 is 1.30 bits per heavy atom. The lowest BCUT2D eigenvalue weighted by Gasteiger charge is -2.17. The quantitative estimate of drug-likeness (QED) is 0.173. The smallest absolute Gasteiger partial charge is 0.165 e. The highest BCUT2D eigenvalue weighted by molar-refractivity contribution is 7.26. The first kappa shape index (κ1) is 22.3. The van der Waals surface area contributed by atoms with Crippen LogP contribution < -0.4 is 0 Å². The Kier molecular flexibility index (Phi) is 4.29. The van der Waals surface area contributed by atoms with Crippen molar-refractivity contribution in [3.8, 4) is 39.3 Å². The summed E-state index contributed by atoms with van der Waals surface area (Å²) in [5.74, 6) is 0.401. The van der Waals surface area contributed by atoms with Crippen LogP contribution in [0.2, 0.25) is 0 Å². The predicted molar refractivity (Wildman–Crippen MR) is 212 cm³/mol. The van der Waals surface area contributed by atoms with E-state index >= 15 is 0 Å². The lowest BCUT2D eigenvalue weighted by Crippen LogP contribution is -2.04. The Hall–Kier alpha value is -6.36. The summed E-state index contributed by atoms with van der Waals surface area (Å²) in [5, 5.41) is 8.65. The molecule has 0 radical (unpaired) electrons. The first-order valence-corrected chi connectivity index (χ1v) is 17.4. The normalized spacial score (nSPS) is 13.8. The van der Waals surface area contributed by atoms with Gasteiger partial charge in [-0.25, -0.2) is 9.97 Å². The summed E-state index contributed by atoms with van der Waals surface area (Å²) >= 11 is 1.75. The molecule has 50 heavy (non-hydrogen) atoms. The van der Waals surface area contributed by atoms with Gasteiger partial charge in [0.25, 0.3) is 0 Å². The van der Waals surface area contributed by atoms with Crippen LogP contribution in [-0.2, 0) is 0 Å². The van der Waals surface area contributed by atoms with E-state index < -0.39 is 18.1 Å². The van der Waals surface area contributed by atoms with Gasteiger partial charge in [-0.1, -0.05) is 127 Å². The number of thiophene rings is 1. The minimum atomic E-state index is -0.451. The molecule has 0 amide bonds. The van der Waals surface area contributed by atoms with Gasteiger partial charge in [0, 0.05) is 47.5 Å².